The third-order valence-electron chi connectivity index (χ3n) is 3.25. The quantitative estimate of drug-likeness (QED) is 0.476. The van der Waals surface area contributed by atoms with Crippen molar-refractivity contribution in [2.75, 3.05) is 0 Å². The first-order valence-corrected chi connectivity index (χ1v) is 4.79. The summed E-state index contributed by atoms with van der Waals surface area (Å²) in [7, 11) is 0. The van der Waals surface area contributed by atoms with Crippen LogP contribution >= 0.6 is 0 Å². The fourth-order valence-corrected chi connectivity index (χ4v) is 2.41. The lowest BCUT2D eigenvalue weighted by Crippen LogP contribution is -2.24. The maximum atomic E-state index is 4.16. The summed E-state index contributed by atoms with van der Waals surface area (Å²) in [6.45, 7) is 8.32. The molecule has 0 amide bonds. The van der Waals surface area contributed by atoms with E-state index in [0.717, 1.165) is 11.8 Å². The second kappa shape index (κ2) is 2.93. The van der Waals surface area contributed by atoms with Crippen molar-refractivity contribution in [3.63, 3.8) is 0 Å². The first-order chi connectivity index (χ1) is 5.79. The lowest BCUT2D eigenvalue weighted by atomic mass is 9.69. The molecule has 2 unspecified atom stereocenters. The molecule has 0 aliphatic heterocycles. The van der Waals surface area contributed by atoms with Gasteiger partial charge in [0.25, 0.3) is 0 Å². The zero-order valence-electron chi connectivity index (χ0n) is 7.55. The smallest absolute Gasteiger partial charge is 0.0103 e. The molecule has 0 N–H and O–H groups in total. The molecule has 0 aromatic rings. The van der Waals surface area contributed by atoms with Crippen LogP contribution in [0.1, 0.15) is 25.7 Å². The number of fused-ring (bicyclic) bond motifs is 1. The van der Waals surface area contributed by atoms with E-state index in [4.69, 9.17) is 0 Å². The van der Waals surface area contributed by atoms with Crippen LogP contribution in [0, 0.1) is 11.8 Å². The minimum absolute atomic E-state index is 0.719. The average molecular weight is 160 g/mol. The standard InChI is InChI=1S/C12H16/c1-9-7-8-10(2)12-6-4-3-5-11(9)12/h3-4,11-12H,1-2,5-8H2. The summed E-state index contributed by atoms with van der Waals surface area (Å²) in [5.41, 5.74) is 2.91. The van der Waals surface area contributed by atoms with Gasteiger partial charge >= 0.3 is 0 Å². The molecule has 64 valence electrons. The third kappa shape index (κ3) is 1.16. The SMILES string of the molecule is C=C1CCC(=C)C2CC=CCC12. The molecular formula is C12H16. The number of hydrogen-bond acceptors (Lipinski definition) is 0. The highest BCUT2D eigenvalue weighted by atomic mass is 14.3. The van der Waals surface area contributed by atoms with Crippen molar-refractivity contribution >= 4 is 0 Å². The second-order valence-electron chi connectivity index (χ2n) is 3.97. The Morgan fingerprint density at radius 1 is 0.917 bits per heavy atom. The summed E-state index contributed by atoms with van der Waals surface area (Å²) >= 11 is 0. The van der Waals surface area contributed by atoms with Gasteiger partial charge in [-0.2, -0.15) is 0 Å². The minimum atomic E-state index is 0.719. The molecule has 1 fully saturated rings. The van der Waals surface area contributed by atoms with Crippen LogP contribution in [0.15, 0.2) is 36.5 Å². The molecule has 2 rings (SSSR count). The van der Waals surface area contributed by atoms with Gasteiger partial charge in [0.15, 0.2) is 0 Å². The Morgan fingerprint density at radius 2 is 1.33 bits per heavy atom. The van der Waals surface area contributed by atoms with Crippen LogP contribution in [-0.2, 0) is 0 Å². The molecule has 0 saturated heterocycles. The zero-order chi connectivity index (χ0) is 8.55. The Balaban J connectivity index is 2.23. The molecule has 12 heavy (non-hydrogen) atoms. The number of rotatable bonds is 0. The van der Waals surface area contributed by atoms with Crippen molar-refractivity contribution in [2.45, 2.75) is 25.7 Å². The Kier molecular flexibility index (Phi) is 1.92. The Bertz CT molecular complexity index is 219. The molecule has 0 nitrogen and oxygen atoms in total. The van der Waals surface area contributed by atoms with E-state index in [0.29, 0.717) is 0 Å². The predicted molar refractivity (Wildman–Crippen MR) is 52.9 cm³/mol. The van der Waals surface area contributed by atoms with Gasteiger partial charge in [-0.1, -0.05) is 36.5 Å². The van der Waals surface area contributed by atoms with Crippen molar-refractivity contribution in [3.05, 3.63) is 36.5 Å². The molecule has 0 bridgehead atoms. The fraction of sp³-hybridized carbons (Fsp3) is 0.500. The topological polar surface area (TPSA) is 0 Å². The molecule has 2 atom stereocenters. The summed E-state index contributed by atoms with van der Waals surface area (Å²) in [5.74, 6) is 1.44. The van der Waals surface area contributed by atoms with E-state index < -0.39 is 0 Å². The van der Waals surface area contributed by atoms with Crippen LogP contribution < -0.4 is 0 Å². The van der Waals surface area contributed by atoms with E-state index in [2.05, 4.69) is 25.3 Å². The minimum Gasteiger partial charge on any atom is -0.0995 e. The largest absolute Gasteiger partial charge is 0.0995 e. The lowest BCUT2D eigenvalue weighted by molar-refractivity contribution is 0.375. The van der Waals surface area contributed by atoms with Gasteiger partial charge < -0.3 is 0 Å². The van der Waals surface area contributed by atoms with Gasteiger partial charge in [0.2, 0.25) is 0 Å². The average Bonchev–Trinajstić information content (AvgIpc) is 2.12. The van der Waals surface area contributed by atoms with E-state index in [1.807, 2.05) is 0 Å². The molecule has 2 aliphatic rings. The summed E-state index contributed by atoms with van der Waals surface area (Å²) in [4.78, 5) is 0. The van der Waals surface area contributed by atoms with Crippen molar-refractivity contribution < 1.29 is 0 Å². The molecule has 2 aliphatic carbocycles. The highest BCUT2D eigenvalue weighted by molar-refractivity contribution is 5.23. The monoisotopic (exact) mass is 160 g/mol. The highest BCUT2D eigenvalue weighted by Gasteiger charge is 2.30. The van der Waals surface area contributed by atoms with E-state index in [-0.39, 0.29) is 0 Å². The van der Waals surface area contributed by atoms with Crippen LogP contribution in [0.4, 0.5) is 0 Å². The van der Waals surface area contributed by atoms with E-state index in [1.54, 1.807) is 0 Å². The predicted octanol–water partition coefficient (Wildman–Crippen LogP) is 3.48. The Labute approximate surface area is 74.7 Å². The molecule has 0 heteroatoms. The molecule has 1 saturated carbocycles. The summed E-state index contributed by atoms with van der Waals surface area (Å²) in [6.07, 6.45) is 9.34. The van der Waals surface area contributed by atoms with E-state index in [9.17, 15) is 0 Å². The highest BCUT2D eigenvalue weighted by Crippen LogP contribution is 2.42. The molecule has 0 aromatic carbocycles. The van der Waals surface area contributed by atoms with Crippen LogP contribution in [-0.4, -0.2) is 0 Å². The van der Waals surface area contributed by atoms with Gasteiger partial charge in [-0.3, -0.25) is 0 Å². The first-order valence-electron chi connectivity index (χ1n) is 4.79. The molecule has 0 heterocycles. The summed E-state index contributed by atoms with van der Waals surface area (Å²) < 4.78 is 0. The Morgan fingerprint density at radius 3 is 1.75 bits per heavy atom. The van der Waals surface area contributed by atoms with E-state index in [1.165, 1.54) is 36.8 Å². The summed E-state index contributed by atoms with van der Waals surface area (Å²) in [5, 5.41) is 0. The van der Waals surface area contributed by atoms with Gasteiger partial charge in [-0.25, -0.2) is 0 Å². The zero-order valence-corrected chi connectivity index (χ0v) is 7.55. The molecule has 0 radical (unpaired) electrons. The van der Waals surface area contributed by atoms with Crippen molar-refractivity contribution in [1.82, 2.24) is 0 Å². The van der Waals surface area contributed by atoms with Crippen LogP contribution in [0.3, 0.4) is 0 Å². The number of allylic oxidation sites excluding steroid dienone is 4. The van der Waals surface area contributed by atoms with Crippen molar-refractivity contribution in [1.29, 1.82) is 0 Å². The first kappa shape index (κ1) is 7.85. The number of hydrogen-bond donors (Lipinski definition) is 0. The fourth-order valence-electron chi connectivity index (χ4n) is 2.41. The lowest BCUT2D eigenvalue weighted by Gasteiger charge is -2.36. The normalized spacial score (nSPS) is 35.0. The van der Waals surface area contributed by atoms with Gasteiger partial charge in [-0.15, -0.1) is 0 Å². The Hall–Kier alpha value is -0.780. The third-order valence-corrected chi connectivity index (χ3v) is 3.25. The van der Waals surface area contributed by atoms with E-state index >= 15 is 0 Å². The summed E-state index contributed by atoms with van der Waals surface area (Å²) in [6, 6.07) is 0. The second-order valence-corrected chi connectivity index (χ2v) is 3.97. The van der Waals surface area contributed by atoms with Crippen molar-refractivity contribution in [3.8, 4) is 0 Å². The maximum absolute atomic E-state index is 4.16. The van der Waals surface area contributed by atoms with Crippen LogP contribution in [0.2, 0.25) is 0 Å². The molecule has 0 aromatic heterocycles. The van der Waals surface area contributed by atoms with Crippen LogP contribution in [0.5, 0.6) is 0 Å². The van der Waals surface area contributed by atoms with Crippen LogP contribution in [0.25, 0.3) is 0 Å². The molecule has 0 spiro atoms. The van der Waals surface area contributed by atoms with Gasteiger partial charge in [0.1, 0.15) is 0 Å². The molecular weight excluding hydrogens is 144 g/mol. The van der Waals surface area contributed by atoms with Gasteiger partial charge in [-0.05, 0) is 37.5 Å². The maximum Gasteiger partial charge on any atom is -0.0103 e. The van der Waals surface area contributed by atoms with Crippen molar-refractivity contribution in [2.24, 2.45) is 11.8 Å². The van der Waals surface area contributed by atoms with Gasteiger partial charge in [0, 0.05) is 0 Å². The van der Waals surface area contributed by atoms with Gasteiger partial charge in [0.05, 0.1) is 0 Å².